The van der Waals surface area contributed by atoms with Gasteiger partial charge in [0.2, 0.25) is 5.65 Å². The summed E-state index contributed by atoms with van der Waals surface area (Å²) in [6.45, 7) is 0. The van der Waals surface area contributed by atoms with Crippen molar-refractivity contribution in [3.8, 4) is 0 Å². The Bertz CT molecular complexity index is 1250. The molecule has 0 spiro atoms. The molecule has 2 aliphatic carbocycles. The Kier molecular flexibility index (Phi) is 6.23. The molecular formula is C28H35N7. The zero-order valence-corrected chi connectivity index (χ0v) is 20.3. The summed E-state index contributed by atoms with van der Waals surface area (Å²) in [4.78, 5) is 4.37. The largest absolute Gasteiger partial charge is 0.384 e. The van der Waals surface area contributed by atoms with Crippen molar-refractivity contribution in [3.05, 3.63) is 65.5 Å². The summed E-state index contributed by atoms with van der Waals surface area (Å²) < 4.78 is 2.17. The van der Waals surface area contributed by atoms with Crippen LogP contribution in [0.15, 0.2) is 48.8 Å². The highest BCUT2D eigenvalue weighted by Gasteiger charge is 2.26. The van der Waals surface area contributed by atoms with E-state index in [4.69, 9.17) is 10.8 Å². The number of benzene rings is 1. The molecule has 0 aliphatic heterocycles. The van der Waals surface area contributed by atoms with E-state index in [1.807, 2.05) is 6.07 Å². The molecule has 6 rings (SSSR count). The van der Waals surface area contributed by atoms with E-state index in [1.165, 1.54) is 68.9 Å². The monoisotopic (exact) mass is 469 g/mol. The Balaban J connectivity index is 1.16. The maximum absolute atomic E-state index is 6.18. The first-order valence-electron chi connectivity index (χ1n) is 13.3. The van der Waals surface area contributed by atoms with Gasteiger partial charge in [0.25, 0.3) is 0 Å². The Hall–Kier alpha value is -3.22. The molecule has 1 atom stereocenters. The molecule has 0 saturated heterocycles. The van der Waals surface area contributed by atoms with Crippen molar-refractivity contribution in [3.63, 3.8) is 0 Å². The zero-order valence-electron chi connectivity index (χ0n) is 20.3. The molecule has 3 heterocycles. The lowest BCUT2D eigenvalue weighted by Crippen LogP contribution is -2.17. The third kappa shape index (κ3) is 4.68. The molecule has 3 N–H and O–H groups in total. The number of fused-ring (bicyclic) bond motifs is 1. The van der Waals surface area contributed by atoms with E-state index in [1.54, 1.807) is 0 Å². The van der Waals surface area contributed by atoms with Gasteiger partial charge in [-0.05, 0) is 86.0 Å². The minimum atomic E-state index is 0.197. The van der Waals surface area contributed by atoms with E-state index < -0.39 is 0 Å². The Morgan fingerprint density at radius 2 is 1.86 bits per heavy atom. The predicted molar refractivity (Wildman–Crippen MR) is 138 cm³/mol. The Morgan fingerprint density at radius 1 is 1.03 bits per heavy atom. The molecular weight excluding hydrogens is 434 g/mol. The smallest absolute Gasteiger partial charge is 0.203 e. The molecule has 2 aliphatic rings. The van der Waals surface area contributed by atoms with E-state index in [-0.39, 0.29) is 5.92 Å². The summed E-state index contributed by atoms with van der Waals surface area (Å²) in [5.74, 6) is 2.25. The standard InChI is InChI=1S/C28H35N7/c29-26-16-25(27-28(31-26)33-34-32-27)24(22-17-30-35(18-22)23-9-5-10-23)11-4-6-19-12-14-21(15-13-19)20-7-2-1-3-8-20/h1-3,7-8,16-19,21,23-24H,4-6,9-15H2,(H3,29,31,32,33,34). The van der Waals surface area contributed by atoms with Crippen LogP contribution in [0.3, 0.4) is 0 Å². The second-order valence-electron chi connectivity index (χ2n) is 10.6. The van der Waals surface area contributed by atoms with Gasteiger partial charge in [-0.3, -0.25) is 4.68 Å². The Labute approximate surface area is 206 Å². The van der Waals surface area contributed by atoms with Crippen LogP contribution in [0.4, 0.5) is 5.82 Å². The average molecular weight is 470 g/mol. The third-order valence-electron chi connectivity index (χ3n) is 8.41. The van der Waals surface area contributed by atoms with Crippen LogP contribution in [-0.4, -0.2) is 30.2 Å². The summed E-state index contributed by atoms with van der Waals surface area (Å²) in [5, 5.41) is 16.1. The summed E-state index contributed by atoms with van der Waals surface area (Å²) in [6.07, 6.45) is 16.9. The number of aromatic nitrogens is 6. The summed E-state index contributed by atoms with van der Waals surface area (Å²) >= 11 is 0. The first-order valence-corrected chi connectivity index (χ1v) is 13.3. The van der Waals surface area contributed by atoms with Gasteiger partial charge in [-0.15, -0.1) is 5.10 Å². The molecule has 1 aromatic carbocycles. The number of hydrogen-bond acceptors (Lipinski definition) is 5. The number of rotatable bonds is 8. The highest BCUT2D eigenvalue weighted by Crippen LogP contribution is 2.40. The van der Waals surface area contributed by atoms with Crippen LogP contribution < -0.4 is 5.73 Å². The normalized spacial score (nSPS) is 21.7. The van der Waals surface area contributed by atoms with Gasteiger partial charge in [0, 0.05) is 12.1 Å². The lowest BCUT2D eigenvalue weighted by molar-refractivity contribution is 0.289. The minimum absolute atomic E-state index is 0.197. The number of H-pyrrole nitrogens is 1. The lowest BCUT2D eigenvalue weighted by atomic mass is 9.76. The number of hydrogen-bond donors (Lipinski definition) is 2. The van der Waals surface area contributed by atoms with E-state index in [0.717, 1.165) is 29.3 Å². The van der Waals surface area contributed by atoms with E-state index in [9.17, 15) is 0 Å². The first-order chi connectivity index (χ1) is 17.2. The number of aromatic amines is 1. The molecule has 0 bridgehead atoms. The fourth-order valence-electron chi connectivity index (χ4n) is 6.15. The fourth-order valence-corrected chi connectivity index (χ4v) is 6.15. The number of nitrogens with one attached hydrogen (secondary N) is 1. The number of nitrogens with two attached hydrogens (primary N) is 1. The van der Waals surface area contributed by atoms with Crippen molar-refractivity contribution in [1.29, 1.82) is 0 Å². The molecule has 35 heavy (non-hydrogen) atoms. The van der Waals surface area contributed by atoms with Crippen LogP contribution in [0, 0.1) is 5.92 Å². The number of anilines is 1. The highest BCUT2D eigenvalue weighted by atomic mass is 15.3. The zero-order chi connectivity index (χ0) is 23.6. The van der Waals surface area contributed by atoms with Gasteiger partial charge >= 0.3 is 0 Å². The summed E-state index contributed by atoms with van der Waals surface area (Å²) in [5.41, 5.74) is 11.5. The molecule has 2 saturated carbocycles. The van der Waals surface area contributed by atoms with E-state index >= 15 is 0 Å². The van der Waals surface area contributed by atoms with Crippen LogP contribution in [0.2, 0.25) is 0 Å². The molecule has 7 nitrogen and oxygen atoms in total. The van der Waals surface area contributed by atoms with Crippen molar-refractivity contribution >= 4 is 17.0 Å². The van der Waals surface area contributed by atoms with Gasteiger partial charge < -0.3 is 5.73 Å². The van der Waals surface area contributed by atoms with Crippen LogP contribution in [0.1, 0.15) is 98.8 Å². The van der Waals surface area contributed by atoms with E-state index in [0.29, 0.717) is 17.5 Å². The molecule has 7 heteroatoms. The van der Waals surface area contributed by atoms with Crippen molar-refractivity contribution in [1.82, 2.24) is 30.2 Å². The van der Waals surface area contributed by atoms with Crippen molar-refractivity contribution < 1.29 is 0 Å². The predicted octanol–water partition coefficient (Wildman–Crippen LogP) is 6.13. The summed E-state index contributed by atoms with van der Waals surface area (Å²) in [6, 6.07) is 13.6. The van der Waals surface area contributed by atoms with Gasteiger partial charge in [0.05, 0.1) is 12.2 Å². The first kappa shape index (κ1) is 22.3. The maximum atomic E-state index is 6.18. The fraction of sp³-hybridized carbons (Fsp3) is 0.500. The second kappa shape index (κ2) is 9.80. The molecule has 1 unspecified atom stereocenters. The number of nitrogens with zero attached hydrogens (tertiary/aromatic N) is 5. The maximum Gasteiger partial charge on any atom is 0.203 e. The van der Waals surface area contributed by atoms with Crippen LogP contribution in [0.25, 0.3) is 11.2 Å². The Morgan fingerprint density at radius 3 is 2.63 bits per heavy atom. The molecule has 4 aromatic rings. The minimum Gasteiger partial charge on any atom is -0.384 e. The van der Waals surface area contributed by atoms with Crippen molar-refractivity contribution in [2.45, 2.75) is 82.1 Å². The molecule has 0 radical (unpaired) electrons. The second-order valence-corrected chi connectivity index (χ2v) is 10.6. The van der Waals surface area contributed by atoms with Gasteiger partial charge in [-0.2, -0.15) is 15.4 Å². The van der Waals surface area contributed by atoms with E-state index in [2.05, 4.69) is 67.8 Å². The van der Waals surface area contributed by atoms with Crippen LogP contribution in [-0.2, 0) is 0 Å². The third-order valence-corrected chi connectivity index (χ3v) is 8.41. The van der Waals surface area contributed by atoms with Gasteiger partial charge in [0.15, 0.2) is 0 Å². The van der Waals surface area contributed by atoms with Gasteiger partial charge in [0.1, 0.15) is 11.3 Å². The van der Waals surface area contributed by atoms with Crippen molar-refractivity contribution in [2.24, 2.45) is 5.92 Å². The van der Waals surface area contributed by atoms with Gasteiger partial charge in [-0.1, -0.05) is 43.2 Å². The molecule has 2 fully saturated rings. The molecule has 182 valence electrons. The molecule has 3 aromatic heterocycles. The van der Waals surface area contributed by atoms with Crippen LogP contribution in [0.5, 0.6) is 0 Å². The highest BCUT2D eigenvalue weighted by molar-refractivity contribution is 5.77. The van der Waals surface area contributed by atoms with Gasteiger partial charge in [-0.25, -0.2) is 4.98 Å². The number of nitrogen functional groups attached to an aromatic ring is 1. The quantitative estimate of drug-likeness (QED) is 0.323. The SMILES string of the molecule is Nc1cc(C(CCCC2CCC(c3ccccc3)CC2)c2cnn(C3CCC3)c2)c2n[nH]nc2n1. The number of pyridine rings is 1. The molecule has 0 amide bonds. The topological polar surface area (TPSA) is 98.3 Å². The van der Waals surface area contributed by atoms with Crippen LogP contribution >= 0.6 is 0 Å². The average Bonchev–Trinajstić information content (AvgIpc) is 3.51. The van der Waals surface area contributed by atoms with Crippen molar-refractivity contribution in [2.75, 3.05) is 5.73 Å². The summed E-state index contributed by atoms with van der Waals surface area (Å²) in [7, 11) is 0. The lowest BCUT2D eigenvalue weighted by Gasteiger charge is -2.29.